The molecule has 1 N–H and O–H groups in total. The Kier molecular flexibility index (Phi) is 8.83. The van der Waals surface area contributed by atoms with E-state index in [2.05, 4.69) is 22.3 Å². The first kappa shape index (κ1) is 24.6. The third-order valence-electron chi connectivity index (χ3n) is 6.91. The summed E-state index contributed by atoms with van der Waals surface area (Å²) in [6.45, 7) is 3.30. The van der Waals surface area contributed by atoms with Crippen LogP contribution >= 0.6 is 11.6 Å². The zero-order valence-electron chi connectivity index (χ0n) is 19.6. The van der Waals surface area contributed by atoms with E-state index in [-0.39, 0.29) is 24.5 Å². The van der Waals surface area contributed by atoms with Gasteiger partial charge in [-0.2, -0.15) is 0 Å². The summed E-state index contributed by atoms with van der Waals surface area (Å²) in [4.78, 5) is 30.0. The normalized spacial score (nSPS) is 18.0. The Bertz CT molecular complexity index is 924. The van der Waals surface area contributed by atoms with Crippen LogP contribution < -0.4 is 10.1 Å². The molecule has 2 fully saturated rings. The number of piperazine rings is 1. The Morgan fingerprint density at radius 3 is 2.32 bits per heavy atom. The summed E-state index contributed by atoms with van der Waals surface area (Å²) in [6.07, 6.45) is 5.42. The molecule has 1 saturated heterocycles. The van der Waals surface area contributed by atoms with Crippen LogP contribution in [0.4, 0.5) is 0 Å². The first-order valence-corrected chi connectivity index (χ1v) is 12.7. The fourth-order valence-electron chi connectivity index (χ4n) is 5.05. The Morgan fingerprint density at radius 2 is 1.65 bits per heavy atom. The Labute approximate surface area is 207 Å². The van der Waals surface area contributed by atoms with Gasteiger partial charge in [0.05, 0.1) is 6.04 Å². The number of nitrogens with one attached hydrogen (secondary N) is 1. The van der Waals surface area contributed by atoms with Gasteiger partial charge in [-0.3, -0.25) is 14.5 Å². The van der Waals surface area contributed by atoms with Gasteiger partial charge in [-0.25, -0.2) is 0 Å². The molecule has 1 aliphatic heterocycles. The molecule has 6 nitrogen and oxygen atoms in total. The Balaban J connectivity index is 1.27. The highest BCUT2D eigenvalue weighted by molar-refractivity contribution is 6.30. The molecule has 2 aromatic carbocycles. The summed E-state index contributed by atoms with van der Waals surface area (Å²) in [5, 5.41) is 3.83. The molecule has 1 aliphatic carbocycles. The summed E-state index contributed by atoms with van der Waals surface area (Å²) >= 11 is 5.90. The summed E-state index contributed by atoms with van der Waals surface area (Å²) < 4.78 is 5.62. The van der Waals surface area contributed by atoms with Gasteiger partial charge in [-0.05, 0) is 55.0 Å². The first-order chi connectivity index (χ1) is 16.6. The summed E-state index contributed by atoms with van der Waals surface area (Å²) in [5.74, 6) is 1.13. The number of rotatable bonds is 9. The van der Waals surface area contributed by atoms with E-state index >= 15 is 0 Å². The number of nitrogens with zero attached hydrogens (tertiary/aromatic N) is 2. The van der Waals surface area contributed by atoms with E-state index in [9.17, 15) is 9.59 Å². The molecule has 1 atom stereocenters. The minimum atomic E-state index is -0.110. The molecule has 1 heterocycles. The molecule has 2 aromatic rings. The van der Waals surface area contributed by atoms with Gasteiger partial charge in [-0.1, -0.05) is 54.8 Å². The smallest absolute Gasteiger partial charge is 0.260 e. The van der Waals surface area contributed by atoms with Crippen molar-refractivity contribution in [1.82, 2.24) is 15.1 Å². The molecule has 0 radical (unpaired) electrons. The number of benzene rings is 2. The lowest BCUT2D eigenvalue weighted by Crippen LogP contribution is -2.58. The fourth-order valence-corrected chi connectivity index (χ4v) is 5.17. The van der Waals surface area contributed by atoms with Crippen LogP contribution in [0.25, 0.3) is 0 Å². The second-order valence-electron chi connectivity index (χ2n) is 9.18. The minimum absolute atomic E-state index is 0.00760. The topological polar surface area (TPSA) is 61.9 Å². The SMILES string of the molecule is O=C(NCCc1ccccc1)C(C1CCCC1)N1CCN(C(=O)COc2ccc(Cl)cc2)CC1. The van der Waals surface area contributed by atoms with Gasteiger partial charge < -0.3 is 15.0 Å². The molecule has 0 bridgehead atoms. The third kappa shape index (κ3) is 6.73. The van der Waals surface area contributed by atoms with Crippen LogP contribution in [0.15, 0.2) is 54.6 Å². The van der Waals surface area contributed by atoms with Crippen molar-refractivity contribution in [2.24, 2.45) is 5.92 Å². The number of carbonyl (C=O) groups is 2. The maximum atomic E-state index is 13.3. The van der Waals surface area contributed by atoms with Crippen LogP contribution in [0.1, 0.15) is 31.2 Å². The van der Waals surface area contributed by atoms with Crippen LogP contribution in [0.2, 0.25) is 5.02 Å². The average molecular weight is 484 g/mol. The quantitative estimate of drug-likeness (QED) is 0.589. The molecule has 34 heavy (non-hydrogen) atoms. The van der Waals surface area contributed by atoms with Crippen molar-refractivity contribution >= 4 is 23.4 Å². The lowest BCUT2D eigenvalue weighted by atomic mass is 9.95. The van der Waals surface area contributed by atoms with Crippen molar-refractivity contribution in [3.8, 4) is 5.75 Å². The van der Waals surface area contributed by atoms with Crippen LogP contribution in [0.3, 0.4) is 0 Å². The van der Waals surface area contributed by atoms with E-state index in [1.54, 1.807) is 24.3 Å². The number of ether oxygens (including phenoxy) is 1. The van der Waals surface area contributed by atoms with Gasteiger partial charge in [0.1, 0.15) is 5.75 Å². The number of amides is 2. The molecule has 0 aromatic heterocycles. The third-order valence-corrected chi connectivity index (χ3v) is 7.16. The predicted molar refractivity (Wildman–Crippen MR) is 134 cm³/mol. The number of carbonyl (C=O) groups excluding carboxylic acids is 2. The standard InChI is InChI=1S/C27H34ClN3O3/c28-23-10-12-24(13-11-23)34-20-25(32)30-16-18-31(19-17-30)26(22-8-4-5-9-22)27(33)29-15-14-21-6-2-1-3-7-21/h1-3,6-7,10-13,22,26H,4-5,8-9,14-20H2,(H,29,33). The molecule has 2 amide bonds. The molecular weight excluding hydrogens is 450 g/mol. The maximum absolute atomic E-state index is 13.3. The average Bonchev–Trinajstić information content (AvgIpc) is 3.39. The van der Waals surface area contributed by atoms with Gasteiger partial charge in [0.15, 0.2) is 6.61 Å². The second-order valence-corrected chi connectivity index (χ2v) is 9.61. The van der Waals surface area contributed by atoms with Crippen LogP contribution in [0, 0.1) is 5.92 Å². The van der Waals surface area contributed by atoms with Crippen molar-refractivity contribution in [3.63, 3.8) is 0 Å². The van der Waals surface area contributed by atoms with Crippen LogP contribution in [0.5, 0.6) is 5.75 Å². The van der Waals surface area contributed by atoms with E-state index in [4.69, 9.17) is 16.3 Å². The zero-order valence-corrected chi connectivity index (χ0v) is 20.4. The molecule has 1 unspecified atom stereocenters. The molecule has 7 heteroatoms. The molecule has 2 aliphatic rings. The van der Waals surface area contributed by atoms with Gasteiger partial charge in [-0.15, -0.1) is 0 Å². The molecular formula is C27H34ClN3O3. The highest BCUT2D eigenvalue weighted by atomic mass is 35.5. The van der Waals surface area contributed by atoms with Crippen molar-refractivity contribution in [2.75, 3.05) is 39.3 Å². The summed E-state index contributed by atoms with van der Waals surface area (Å²) in [5.41, 5.74) is 1.23. The van der Waals surface area contributed by atoms with E-state index in [1.165, 1.54) is 18.4 Å². The van der Waals surface area contributed by atoms with Crippen molar-refractivity contribution in [2.45, 2.75) is 38.1 Å². The fraction of sp³-hybridized carbons (Fsp3) is 0.481. The Hall–Kier alpha value is -2.57. The lowest BCUT2D eigenvalue weighted by molar-refractivity contribution is -0.137. The molecule has 0 spiro atoms. The van der Waals surface area contributed by atoms with Gasteiger partial charge in [0.2, 0.25) is 5.91 Å². The second kappa shape index (κ2) is 12.2. The lowest BCUT2D eigenvalue weighted by Gasteiger charge is -2.40. The van der Waals surface area contributed by atoms with E-state index < -0.39 is 0 Å². The zero-order chi connectivity index (χ0) is 23.8. The Morgan fingerprint density at radius 1 is 0.971 bits per heavy atom. The van der Waals surface area contributed by atoms with E-state index in [0.717, 1.165) is 19.3 Å². The molecule has 182 valence electrons. The molecule has 4 rings (SSSR count). The van der Waals surface area contributed by atoms with Crippen LogP contribution in [-0.2, 0) is 16.0 Å². The van der Waals surface area contributed by atoms with Gasteiger partial charge >= 0.3 is 0 Å². The van der Waals surface area contributed by atoms with Gasteiger partial charge in [0, 0.05) is 37.7 Å². The highest BCUT2D eigenvalue weighted by Gasteiger charge is 2.37. The largest absolute Gasteiger partial charge is 0.484 e. The van der Waals surface area contributed by atoms with Gasteiger partial charge in [0.25, 0.3) is 5.91 Å². The highest BCUT2D eigenvalue weighted by Crippen LogP contribution is 2.31. The van der Waals surface area contributed by atoms with E-state index in [0.29, 0.717) is 49.4 Å². The number of halogens is 1. The summed E-state index contributed by atoms with van der Waals surface area (Å²) in [7, 11) is 0. The summed E-state index contributed by atoms with van der Waals surface area (Å²) in [6, 6.07) is 17.1. The first-order valence-electron chi connectivity index (χ1n) is 12.3. The number of hydrogen-bond donors (Lipinski definition) is 1. The van der Waals surface area contributed by atoms with Crippen LogP contribution in [-0.4, -0.2) is 67.0 Å². The number of hydrogen-bond acceptors (Lipinski definition) is 4. The van der Waals surface area contributed by atoms with Crippen molar-refractivity contribution in [1.29, 1.82) is 0 Å². The monoisotopic (exact) mass is 483 g/mol. The predicted octanol–water partition coefficient (Wildman–Crippen LogP) is 3.78. The van der Waals surface area contributed by atoms with Crippen molar-refractivity contribution in [3.05, 3.63) is 65.2 Å². The van der Waals surface area contributed by atoms with E-state index in [1.807, 2.05) is 23.1 Å². The molecule has 1 saturated carbocycles. The van der Waals surface area contributed by atoms with Crippen molar-refractivity contribution < 1.29 is 14.3 Å². The minimum Gasteiger partial charge on any atom is -0.484 e. The maximum Gasteiger partial charge on any atom is 0.260 e.